The number of hydrogen-bond donors (Lipinski definition) is 2. The molecular formula is C19H26N4O. The van der Waals surface area contributed by atoms with E-state index in [4.69, 9.17) is 10.7 Å². The Labute approximate surface area is 142 Å². The number of likely N-dealkylation sites (tertiary alicyclic amines) is 1. The highest BCUT2D eigenvalue weighted by molar-refractivity contribution is 6.04. The van der Waals surface area contributed by atoms with E-state index >= 15 is 0 Å². The lowest BCUT2D eigenvalue weighted by molar-refractivity contribution is 0.100. The van der Waals surface area contributed by atoms with Crippen molar-refractivity contribution in [3.63, 3.8) is 0 Å². The van der Waals surface area contributed by atoms with Crippen molar-refractivity contribution in [2.45, 2.75) is 56.9 Å². The van der Waals surface area contributed by atoms with Gasteiger partial charge < -0.3 is 15.6 Å². The van der Waals surface area contributed by atoms with E-state index in [0.717, 1.165) is 22.9 Å². The van der Waals surface area contributed by atoms with Crippen LogP contribution in [0.4, 0.5) is 0 Å². The fraction of sp³-hybridized carbons (Fsp3) is 0.579. The van der Waals surface area contributed by atoms with Gasteiger partial charge in [0.05, 0.1) is 11.1 Å². The number of amides is 1. The van der Waals surface area contributed by atoms with Gasteiger partial charge in [-0.15, -0.1) is 0 Å². The fourth-order valence-electron chi connectivity index (χ4n) is 4.44. The summed E-state index contributed by atoms with van der Waals surface area (Å²) in [5.41, 5.74) is 7.62. The van der Waals surface area contributed by atoms with Crippen LogP contribution >= 0.6 is 0 Å². The molecule has 0 spiro atoms. The molecule has 0 atom stereocenters. The molecule has 24 heavy (non-hydrogen) atoms. The van der Waals surface area contributed by atoms with Crippen molar-refractivity contribution in [1.29, 1.82) is 0 Å². The molecule has 5 heteroatoms. The summed E-state index contributed by atoms with van der Waals surface area (Å²) in [7, 11) is 0. The Balaban J connectivity index is 1.48. The van der Waals surface area contributed by atoms with Crippen LogP contribution in [0.15, 0.2) is 18.2 Å². The number of nitrogens with two attached hydrogens (primary N) is 1. The summed E-state index contributed by atoms with van der Waals surface area (Å²) in [6.07, 6.45) is 8.97. The zero-order valence-electron chi connectivity index (χ0n) is 14.1. The molecule has 3 N–H and O–H groups in total. The average molecular weight is 326 g/mol. The van der Waals surface area contributed by atoms with E-state index in [1.807, 2.05) is 12.1 Å². The molecule has 1 aromatic heterocycles. The molecule has 128 valence electrons. The van der Waals surface area contributed by atoms with E-state index in [0.29, 0.717) is 11.5 Å². The first-order chi connectivity index (χ1) is 11.7. The number of fused-ring (bicyclic) bond motifs is 1. The Morgan fingerprint density at radius 2 is 1.88 bits per heavy atom. The molecule has 1 aliphatic carbocycles. The third-order valence-corrected chi connectivity index (χ3v) is 5.79. The molecule has 0 radical (unpaired) electrons. The normalized spacial score (nSPS) is 25.8. The van der Waals surface area contributed by atoms with Crippen LogP contribution in [0.3, 0.4) is 0 Å². The van der Waals surface area contributed by atoms with Crippen molar-refractivity contribution in [2.75, 3.05) is 13.1 Å². The van der Waals surface area contributed by atoms with Crippen LogP contribution in [-0.4, -0.2) is 39.9 Å². The minimum atomic E-state index is -0.410. The molecule has 2 heterocycles. The number of piperidine rings is 1. The summed E-state index contributed by atoms with van der Waals surface area (Å²) < 4.78 is 0. The molecule has 0 bridgehead atoms. The molecule has 1 aliphatic heterocycles. The summed E-state index contributed by atoms with van der Waals surface area (Å²) in [6.45, 7) is 2.56. The second-order valence-electron chi connectivity index (χ2n) is 7.29. The van der Waals surface area contributed by atoms with Crippen molar-refractivity contribution in [3.8, 4) is 0 Å². The second-order valence-corrected chi connectivity index (χ2v) is 7.29. The smallest absolute Gasteiger partial charge is 0.250 e. The summed E-state index contributed by atoms with van der Waals surface area (Å²) in [4.78, 5) is 22.4. The number of nitrogens with zero attached hydrogens (tertiary/aromatic N) is 2. The lowest BCUT2D eigenvalue weighted by Gasteiger charge is -2.38. The van der Waals surface area contributed by atoms with Gasteiger partial charge in [0.2, 0.25) is 0 Å². The number of aromatic nitrogens is 2. The number of carbonyl (C=O) groups excluding carboxylic acids is 1. The number of benzene rings is 1. The first-order valence-corrected chi connectivity index (χ1v) is 9.25. The lowest BCUT2D eigenvalue weighted by atomic mass is 9.84. The molecule has 1 saturated carbocycles. The predicted molar refractivity (Wildman–Crippen MR) is 95.0 cm³/mol. The summed E-state index contributed by atoms with van der Waals surface area (Å²) in [5, 5.41) is 0. The number of nitrogens with one attached hydrogen (secondary N) is 1. The SMILES string of the molecule is NC(=O)c1cccc2[nH]c(C3CCC(N4CCCCC4)CC3)nc12. The number of imidazole rings is 1. The van der Waals surface area contributed by atoms with Crippen molar-refractivity contribution >= 4 is 16.9 Å². The van der Waals surface area contributed by atoms with Gasteiger partial charge in [-0.2, -0.15) is 0 Å². The number of para-hydroxylation sites is 1. The van der Waals surface area contributed by atoms with Gasteiger partial charge in [-0.3, -0.25) is 4.79 Å². The van der Waals surface area contributed by atoms with Crippen LogP contribution in [-0.2, 0) is 0 Å². The van der Waals surface area contributed by atoms with Crippen molar-refractivity contribution in [2.24, 2.45) is 5.73 Å². The number of hydrogen-bond acceptors (Lipinski definition) is 3. The highest BCUT2D eigenvalue weighted by Crippen LogP contribution is 2.35. The lowest BCUT2D eigenvalue weighted by Crippen LogP contribution is -2.41. The highest BCUT2D eigenvalue weighted by atomic mass is 16.1. The summed E-state index contributed by atoms with van der Waals surface area (Å²) in [5.74, 6) is 1.09. The van der Waals surface area contributed by atoms with Crippen molar-refractivity contribution in [1.82, 2.24) is 14.9 Å². The molecule has 1 aromatic carbocycles. The van der Waals surface area contributed by atoms with Crippen LogP contribution in [0.1, 0.15) is 67.0 Å². The van der Waals surface area contributed by atoms with E-state index in [1.54, 1.807) is 6.07 Å². The molecule has 1 saturated heterocycles. The predicted octanol–water partition coefficient (Wildman–Crippen LogP) is 3.17. The maximum Gasteiger partial charge on any atom is 0.250 e. The van der Waals surface area contributed by atoms with Gasteiger partial charge in [0.25, 0.3) is 5.91 Å². The Bertz CT molecular complexity index is 724. The Morgan fingerprint density at radius 1 is 1.12 bits per heavy atom. The van der Waals surface area contributed by atoms with Gasteiger partial charge in [-0.05, 0) is 63.7 Å². The van der Waals surface area contributed by atoms with Crippen molar-refractivity contribution < 1.29 is 4.79 Å². The van der Waals surface area contributed by atoms with Crippen LogP contribution in [0.5, 0.6) is 0 Å². The topological polar surface area (TPSA) is 75.0 Å². The van der Waals surface area contributed by atoms with Crippen LogP contribution in [0.25, 0.3) is 11.0 Å². The van der Waals surface area contributed by atoms with Gasteiger partial charge in [-0.1, -0.05) is 12.5 Å². The van der Waals surface area contributed by atoms with E-state index in [2.05, 4.69) is 9.88 Å². The second kappa shape index (κ2) is 6.55. The molecule has 2 aromatic rings. The third-order valence-electron chi connectivity index (χ3n) is 5.79. The van der Waals surface area contributed by atoms with E-state index in [-0.39, 0.29) is 0 Å². The van der Waals surface area contributed by atoms with Gasteiger partial charge in [0.15, 0.2) is 0 Å². The van der Waals surface area contributed by atoms with Gasteiger partial charge in [0.1, 0.15) is 11.3 Å². The maximum atomic E-state index is 11.6. The number of carbonyl (C=O) groups is 1. The fourth-order valence-corrected chi connectivity index (χ4v) is 4.44. The van der Waals surface area contributed by atoms with E-state index < -0.39 is 5.91 Å². The first kappa shape index (κ1) is 15.6. The van der Waals surface area contributed by atoms with Gasteiger partial charge >= 0.3 is 0 Å². The summed E-state index contributed by atoms with van der Waals surface area (Å²) in [6, 6.07) is 6.34. The minimum Gasteiger partial charge on any atom is -0.366 e. The summed E-state index contributed by atoms with van der Waals surface area (Å²) >= 11 is 0. The number of aromatic amines is 1. The molecule has 4 rings (SSSR count). The van der Waals surface area contributed by atoms with Crippen LogP contribution < -0.4 is 5.73 Å². The highest BCUT2D eigenvalue weighted by Gasteiger charge is 2.29. The van der Waals surface area contributed by atoms with Crippen LogP contribution in [0.2, 0.25) is 0 Å². The zero-order valence-corrected chi connectivity index (χ0v) is 14.1. The Morgan fingerprint density at radius 3 is 2.58 bits per heavy atom. The largest absolute Gasteiger partial charge is 0.366 e. The molecule has 0 unspecified atom stereocenters. The standard InChI is InChI=1S/C19H26N4O/c20-18(24)15-5-4-6-16-17(15)22-19(21-16)13-7-9-14(10-8-13)23-11-2-1-3-12-23/h4-6,13-14H,1-3,7-12H2,(H2,20,24)(H,21,22). The molecule has 2 fully saturated rings. The first-order valence-electron chi connectivity index (χ1n) is 9.25. The number of H-pyrrole nitrogens is 1. The molecular weight excluding hydrogens is 300 g/mol. The van der Waals surface area contributed by atoms with Crippen molar-refractivity contribution in [3.05, 3.63) is 29.6 Å². The number of rotatable bonds is 3. The van der Waals surface area contributed by atoms with E-state index in [9.17, 15) is 4.79 Å². The van der Waals surface area contributed by atoms with Gasteiger partial charge in [0, 0.05) is 12.0 Å². The van der Waals surface area contributed by atoms with E-state index in [1.165, 1.54) is 58.0 Å². The quantitative estimate of drug-likeness (QED) is 0.909. The molecule has 1 amide bonds. The number of primary amides is 1. The molecule has 5 nitrogen and oxygen atoms in total. The average Bonchev–Trinajstić information content (AvgIpc) is 3.06. The van der Waals surface area contributed by atoms with Gasteiger partial charge in [-0.25, -0.2) is 4.98 Å². The molecule has 2 aliphatic rings. The third kappa shape index (κ3) is 2.93. The minimum absolute atomic E-state index is 0.410. The van der Waals surface area contributed by atoms with Crippen LogP contribution in [0, 0.1) is 0 Å². The zero-order chi connectivity index (χ0) is 16.5. The maximum absolute atomic E-state index is 11.6. The Kier molecular flexibility index (Phi) is 4.27. The Hall–Kier alpha value is -1.88. The monoisotopic (exact) mass is 326 g/mol.